The third-order valence-corrected chi connectivity index (χ3v) is 10.1. The molecular formula is C37H26O11. The van der Waals surface area contributed by atoms with Gasteiger partial charge in [0.05, 0.1) is 28.2 Å². The third kappa shape index (κ3) is 3.79. The predicted molar refractivity (Wildman–Crippen MR) is 168 cm³/mol. The number of rotatable bonds is 2. The fraction of sp³-hybridized carbons (Fsp3) is 0.216. The van der Waals surface area contributed by atoms with Crippen LogP contribution in [0.15, 0.2) is 83.3 Å². The van der Waals surface area contributed by atoms with Gasteiger partial charge in [-0.15, -0.1) is 0 Å². The Kier molecular flexibility index (Phi) is 6.30. The number of fused-ring (bicyclic) bond motifs is 5. The molecule has 0 saturated carbocycles. The highest BCUT2D eigenvalue weighted by atomic mass is 16.6. The van der Waals surface area contributed by atoms with Crippen molar-refractivity contribution in [2.24, 2.45) is 17.8 Å². The third-order valence-electron chi connectivity index (χ3n) is 10.1. The Bertz CT molecular complexity index is 2290. The van der Waals surface area contributed by atoms with Crippen LogP contribution in [0, 0.1) is 17.8 Å². The molecule has 4 aromatic carbocycles. The largest absolute Gasteiger partial charge is 0.507 e. The molecule has 8 rings (SSSR count). The smallest absolute Gasteiger partial charge is 0.285 e. The molecule has 0 bridgehead atoms. The lowest BCUT2D eigenvalue weighted by Gasteiger charge is -2.41. The fourth-order valence-corrected chi connectivity index (χ4v) is 7.75. The quantitative estimate of drug-likeness (QED) is 0.240. The summed E-state index contributed by atoms with van der Waals surface area (Å²) >= 11 is 0. The highest BCUT2D eigenvalue weighted by Crippen LogP contribution is 2.48. The van der Waals surface area contributed by atoms with Crippen LogP contribution >= 0.6 is 0 Å². The first-order valence-electron chi connectivity index (χ1n) is 15.3. The zero-order valence-corrected chi connectivity index (χ0v) is 25.4. The number of carbonyl (C=O) groups excluding carboxylic acids is 5. The van der Waals surface area contributed by atoms with Gasteiger partial charge in [-0.1, -0.05) is 62.4 Å². The van der Waals surface area contributed by atoms with Crippen LogP contribution < -0.4 is 0 Å². The van der Waals surface area contributed by atoms with Crippen molar-refractivity contribution in [3.05, 3.63) is 106 Å². The normalized spacial score (nSPS) is 26.6. The molecule has 2 aliphatic carbocycles. The lowest BCUT2D eigenvalue weighted by atomic mass is 9.68. The number of hydrogen-bond acceptors (Lipinski definition) is 11. The number of aromatic hydroxyl groups is 2. The van der Waals surface area contributed by atoms with Gasteiger partial charge in [-0.05, 0) is 22.9 Å². The molecule has 4 aliphatic rings. The molecule has 0 fully saturated rings. The molecule has 0 saturated heterocycles. The van der Waals surface area contributed by atoms with Gasteiger partial charge in [0.15, 0.2) is 29.7 Å². The minimum absolute atomic E-state index is 0.0639. The molecule has 2 aliphatic heterocycles. The summed E-state index contributed by atoms with van der Waals surface area (Å²) in [5.41, 5.74) is -1.65. The van der Waals surface area contributed by atoms with Crippen LogP contribution in [0.2, 0.25) is 0 Å². The van der Waals surface area contributed by atoms with E-state index in [1.165, 1.54) is 26.0 Å². The van der Waals surface area contributed by atoms with Crippen molar-refractivity contribution >= 4 is 50.5 Å². The first kappa shape index (κ1) is 29.7. The van der Waals surface area contributed by atoms with Crippen LogP contribution in [0.3, 0.4) is 0 Å². The summed E-state index contributed by atoms with van der Waals surface area (Å²) in [6.07, 6.45) is -5.16. The van der Waals surface area contributed by atoms with Gasteiger partial charge in [-0.2, -0.15) is 0 Å². The minimum atomic E-state index is -2.03. The lowest BCUT2D eigenvalue weighted by molar-refractivity contribution is -0.172. The van der Waals surface area contributed by atoms with Gasteiger partial charge >= 0.3 is 0 Å². The number of allylic oxidation sites excluding steroid dienone is 1. The van der Waals surface area contributed by atoms with Gasteiger partial charge in [0, 0.05) is 39.3 Å². The van der Waals surface area contributed by atoms with E-state index in [1.54, 1.807) is 48.5 Å². The summed E-state index contributed by atoms with van der Waals surface area (Å²) in [7, 11) is 0. The number of aliphatic hydroxyl groups excluding tert-OH is 2. The Morgan fingerprint density at radius 2 is 1.23 bits per heavy atom. The van der Waals surface area contributed by atoms with Crippen LogP contribution in [-0.2, 0) is 14.3 Å². The van der Waals surface area contributed by atoms with E-state index in [1.807, 2.05) is 0 Å². The maximum Gasteiger partial charge on any atom is 0.285 e. The van der Waals surface area contributed by atoms with Gasteiger partial charge in [-0.25, -0.2) is 0 Å². The summed E-state index contributed by atoms with van der Waals surface area (Å²) < 4.78 is 11.3. The number of ketones is 5. The summed E-state index contributed by atoms with van der Waals surface area (Å²) in [6.45, 7) is 2.96. The number of benzene rings is 4. The van der Waals surface area contributed by atoms with Gasteiger partial charge < -0.3 is 29.9 Å². The first-order valence-corrected chi connectivity index (χ1v) is 15.3. The first-order chi connectivity index (χ1) is 22.9. The Morgan fingerprint density at radius 3 is 1.85 bits per heavy atom. The number of hydrogen-bond donors (Lipinski definition) is 4. The molecule has 4 unspecified atom stereocenters. The molecule has 0 amide bonds. The molecule has 0 radical (unpaired) electrons. The summed E-state index contributed by atoms with van der Waals surface area (Å²) in [4.78, 5) is 69.4. The Labute approximate surface area is 271 Å². The predicted octanol–water partition coefficient (Wildman–Crippen LogP) is 4.50. The van der Waals surface area contributed by atoms with Crippen molar-refractivity contribution in [2.45, 2.75) is 32.3 Å². The number of Topliss-reactive ketones (excluding diaryl/α,β-unsaturated/α-hetero) is 5. The zero-order chi connectivity index (χ0) is 33.9. The van der Waals surface area contributed by atoms with Crippen LogP contribution in [0.5, 0.6) is 11.5 Å². The maximum atomic E-state index is 14.1. The summed E-state index contributed by atoms with van der Waals surface area (Å²) in [6, 6.07) is 16.2. The van der Waals surface area contributed by atoms with Crippen molar-refractivity contribution in [2.75, 3.05) is 0 Å². The van der Waals surface area contributed by atoms with E-state index in [4.69, 9.17) is 9.47 Å². The van der Waals surface area contributed by atoms with E-state index in [0.29, 0.717) is 21.5 Å². The van der Waals surface area contributed by atoms with Crippen molar-refractivity contribution in [1.29, 1.82) is 0 Å². The van der Waals surface area contributed by atoms with Crippen molar-refractivity contribution in [3.8, 4) is 11.5 Å². The topological polar surface area (TPSA) is 185 Å². The summed E-state index contributed by atoms with van der Waals surface area (Å²) in [5.74, 6) is -9.03. The number of ether oxygens (including phenoxy) is 2. The molecule has 240 valence electrons. The van der Waals surface area contributed by atoms with E-state index in [9.17, 15) is 44.4 Å². The van der Waals surface area contributed by atoms with Crippen molar-refractivity contribution in [3.63, 3.8) is 0 Å². The average molecular weight is 647 g/mol. The van der Waals surface area contributed by atoms with Gasteiger partial charge in [0.1, 0.15) is 17.6 Å². The highest BCUT2D eigenvalue weighted by molar-refractivity contribution is 6.30. The number of phenolic OH excluding ortho intramolecular Hbond substituents is 2. The second-order valence-electron chi connectivity index (χ2n) is 12.6. The standard InChI is InChI=1S/C37H26O11/c1-13-21-25(31(42)23-19(29(21)40)11-15-7-3-5-9-17(15)27(23)38)36(45)47-34(13)33(44)35-14(2)22-26(37(46)48-35)32(43)24-20(30(22)41)12-16-8-4-6-10-18(16)28(24)39/h3-14,21,34-35,37-39,45-46H,1-2H3/t13?,14?,21?,34?,35-,37-/m1/s1. The lowest BCUT2D eigenvalue weighted by Crippen LogP contribution is -2.53. The van der Waals surface area contributed by atoms with E-state index in [-0.39, 0.29) is 27.8 Å². The molecule has 6 atom stereocenters. The minimum Gasteiger partial charge on any atom is -0.507 e. The molecular weight excluding hydrogens is 620 g/mol. The highest BCUT2D eigenvalue weighted by Gasteiger charge is 2.55. The van der Waals surface area contributed by atoms with Crippen LogP contribution in [-0.4, -0.2) is 67.8 Å². The van der Waals surface area contributed by atoms with Gasteiger partial charge in [0.2, 0.25) is 11.6 Å². The van der Waals surface area contributed by atoms with Crippen molar-refractivity contribution < 1.29 is 53.9 Å². The maximum absolute atomic E-state index is 14.1. The van der Waals surface area contributed by atoms with Crippen LogP contribution in [0.1, 0.15) is 55.3 Å². The summed E-state index contributed by atoms with van der Waals surface area (Å²) in [5, 5.41) is 45.7. The number of carbonyl (C=O) groups is 5. The Morgan fingerprint density at radius 1 is 0.688 bits per heavy atom. The molecule has 48 heavy (non-hydrogen) atoms. The van der Waals surface area contributed by atoms with E-state index >= 15 is 0 Å². The second kappa shape index (κ2) is 10.2. The number of aliphatic hydroxyl groups is 2. The van der Waals surface area contributed by atoms with Gasteiger partial charge in [-0.3, -0.25) is 24.0 Å². The van der Waals surface area contributed by atoms with E-state index in [0.717, 1.165) is 0 Å². The molecule has 4 N–H and O–H groups in total. The van der Waals surface area contributed by atoms with E-state index < -0.39 is 93.8 Å². The molecule has 2 heterocycles. The molecule has 11 heteroatoms. The molecule has 4 aromatic rings. The average Bonchev–Trinajstić information content (AvgIpc) is 3.07. The molecule has 11 nitrogen and oxygen atoms in total. The Balaban J connectivity index is 1.16. The monoisotopic (exact) mass is 646 g/mol. The van der Waals surface area contributed by atoms with Crippen LogP contribution in [0.25, 0.3) is 21.5 Å². The fourth-order valence-electron chi connectivity index (χ4n) is 7.75. The second-order valence-corrected chi connectivity index (χ2v) is 12.6. The van der Waals surface area contributed by atoms with Crippen molar-refractivity contribution in [1.82, 2.24) is 0 Å². The zero-order valence-electron chi connectivity index (χ0n) is 25.4. The van der Waals surface area contributed by atoms with Gasteiger partial charge in [0.25, 0.3) is 5.95 Å². The Hall–Kier alpha value is -5.65. The molecule has 0 aromatic heterocycles. The number of phenols is 2. The molecule has 0 spiro atoms. The SMILES string of the molecule is CC1C(C(=O)[C@@H]2O[C@@H](O)C3=C(C(=O)c4cc5ccccc5c(O)c4C3=O)C2C)OC(O)=C2C(=O)c3c(cc4ccccc4c3O)C(=O)C21. The van der Waals surface area contributed by atoms with Crippen LogP contribution in [0.4, 0.5) is 0 Å². The van der Waals surface area contributed by atoms with E-state index in [2.05, 4.69) is 0 Å².